The molecule has 1 atom stereocenters. The van der Waals surface area contributed by atoms with Crippen LogP contribution in [-0.2, 0) is 16.4 Å². The first-order chi connectivity index (χ1) is 10.6. The highest BCUT2D eigenvalue weighted by Crippen LogP contribution is 2.26. The molecule has 1 aromatic rings. The summed E-state index contributed by atoms with van der Waals surface area (Å²) in [5.41, 5.74) is 0. The molecule has 1 saturated carbocycles. The zero-order valence-corrected chi connectivity index (χ0v) is 14.6. The van der Waals surface area contributed by atoms with Crippen LogP contribution in [-0.4, -0.2) is 42.2 Å². The van der Waals surface area contributed by atoms with Gasteiger partial charge in [0.2, 0.25) is 15.2 Å². The molecular formula is C14H24N4O2S2. The maximum Gasteiger partial charge on any atom is 0.216 e. The van der Waals surface area contributed by atoms with Gasteiger partial charge in [-0.15, -0.1) is 0 Å². The number of piperidine rings is 1. The largest absolute Gasteiger partial charge is 0.346 e. The van der Waals surface area contributed by atoms with Crippen molar-refractivity contribution in [3.8, 4) is 0 Å². The van der Waals surface area contributed by atoms with Gasteiger partial charge in [-0.1, -0.05) is 19.8 Å². The summed E-state index contributed by atoms with van der Waals surface area (Å²) in [5, 5.41) is 0.522. The number of nitrogens with one attached hydrogen (secondary N) is 1. The first-order valence-corrected chi connectivity index (χ1v) is 10.5. The van der Waals surface area contributed by atoms with Crippen LogP contribution in [0.25, 0.3) is 0 Å². The maximum atomic E-state index is 12.6. The topological polar surface area (TPSA) is 75.2 Å². The Kier molecular flexibility index (Phi) is 4.99. The van der Waals surface area contributed by atoms with Gasteiger partial charge in [-0.25, -0.2) is 18.1 Å². The average molecular weight is 345 g/mol. The predicted octanol–water partition coefficient (Wildman–Crippen LogP) is 1.93. The van der Waals surface area contributed by atoms with Gasteiger partial charge in [0, 0.05) is 37.1 Å². The van der Waals surface area contributed by atoms with Gasteiger partial charge in [0.1, 0.15) is 5.82 Å². The summed E-state index contributed by atoms with van der Waals surface area (Å²) in [5.74, 6) is 0.842. The molecule has 0 bridgehead atoms. The van der Waals surface area contributed by atoms with Crippen LogP contribution in [0, 0.1) is 0 Å². The molecular weight excluding hydrogens is 320 g/mol. The molecule has 1 aliphatic carbocycles. The van der Waals surface area contributed by atoms with E-state index in [0.29, 0.717) is 6.54 Å². The van der Waals surface area contributed by atoms with Crippen LogP contribution in [0.2, 0.25) is 0 Å². The lowest BCUT2D eigenvalue weighted by Gasteiger charge is -2.32. The van der Waals surface area contributed by atoms with Crippen molar-refractivity contribution in [1.29, 1.82) is 0 Å². The number of sulfonamides is 1. The highest BCUT2D eigenvalue weighted by Gasteiger charge is 2.33. The number of anilines is 1. The lowest BCUT2D eigenvalue weighted by atomic mass is 10.1. The Labute approximate surface area is 136 Å². The molecule has 22 heavy (non-hydrogen) atoms. The number of aromatic nitrogens is 2. The van der Waals surface area contributed by atoms with Crippen LogP contribution in [0.3, 0.4) is 0 Å². The van der Waals surface area contributed by atoms with E-state index in [4.69, 9.17) is 0 Å². The standard InChI is InChI=1S/C14H24N4O2S2/c1-2-13-15-14(21-16-13)18-9-5-8-12(10-18)22(19,20)17-11-6-3-4-7-11/h11-12,17H,2-10H2,1H3. The highest BCUT2D eigenvalue weighted by molar-refractivity contribution is 7.90. The van der Waals surface area contributed by atoms with Crippen molar-refractivity contribution in [2.24, 2.45) is 0 Å². The molecule has 1 N–H and O–H groups in total. The lowest BCUT2D eigenvalue weighted by Crippen LogP contribution is -2.48. The number of hydrogen-bond acceptors (Lipinski definition) is 6. The molecule has 6 nitrogen and oxygen atoms in total. The molecule has 2 aliphatic rings. The summed E-state index contributed by atoms with van der Waals surface area (Å²) >= 11 is 1.38. The van der Waals surface area contributed by atoms with E-state index in [1.165, 1.54) is 11.5 Å². The second kappa shape index (κ2) is 6.80. The van der Waals surface area contributed by atoms with Crippen molar-refractivity contribution in [1.82, 2.24) is 14.1 Å². The molecule has 1 aromatic heterocycles. The lowest BCUT2D eigenvalue weighted by molar-refractivity contribution is 0.506. The Morgan fingerprint density at radius 3 is 2.73 bits per heavy atom. The Bertz CT molecular complexity index is 596. The third kappa shape index (κ3) is 3.60. The summed E-state index contributed by atoms with van der Waals surface area (Å²) in [6, 6.07) is 0.147. The molecule has 2 fully saturated rings. The summed E-state index contributed by atoms with van der Waals surface area (Å²) in [4.78, 5) is 6.57. The van der Waals surface area contributed by atoms with Gasteiger partial charge >= 0.3 is 0 Å². The van der Waals surface area contributed by atoms with Crippen molar-refractivity contribution in [2.75, 3.05) is 18.0 Å². The van der Waals surface area contributed by atoms with Gasteiger partial charge in [0.15, 0.2) is 0 Å². The fraction of sp³-hybridized carbons (Fsp3) is 0.857. The van der Waals surface area contributed by atoms with E-state index >= 15 is 0 Å². The molecule has 0 aromatic carbocycles. The predicted molar refractivity (Wildman–Crippen MR) is 88.8 cm³/mol. The van der Waals surface area contributed by atoms with Crippen LogP contribution in [0.15, 0.2) is 0 Å². The number of hydrogen-bond donors (Lipinski definition) is 1. The van der Waals surface area contributed by atoms with Crippen LogP contribution >= 0.6 is 11.5 Å². The van der Waals surface area contributed by atoms with E-state index in [1.54, 1.807) is 0 Å². The van der Waals surface area contributed by atoms with Gasteiger partial charge in [0.25, 0.3) is 0 Å². The molecule has 124 valence electrons. The minimum absolute atomic E-state index is 0.147. The summed E-state index contributed by atoms with van der Waals surface area (Å²) in [7, 11) is -3.24. The van der Waals surface area contributed by atoms with E-state index in [0.717, 1.165) is 62.4 Å². The molecule has 1 aliphatic heterocycles. The van der Waals surface area contributed by atoms with Gasteiger partial charge < -0.3 is 4.90 Å². The van der Waals surface area contributed by atoms with E-state index < -0.39 is 10.0 Å². The summed E-state index contributed by atoms with van der Waals surface area (Å²) in [6.07, 6.45) is 6.66. The Balaban J connectivity index is 1.66. The zero-order chi connectivity index (χ0) is 15.6. The summed E-state index contributed by atoms with van der Waals surface area (Å²) < 4.78 is 32.4. The quantitative estimate of drug-likeness (QED) is 0.883. The molecule has 2 heterocycles. The van der Waals surface area contributed by atoms with Crippen molar-refractivity contribution in [3.63, 3.8) is 0 Å². The van der Waals surface area contributed by atoms with Gasteiger partial charge in [-0.05, 0) is 25.7 Å². The van der Waals surface area contributed by atoms with Crippen LogP contribution in [0.1, 0.15) is 51.3 Å². The molecule has 0 radical (unpaired) electrons. The van der Waals surface area contributed by atoms with Crippen molar-refractivity contribution < 1.29 is 8.42 Å². The third-order valence-corrected chi connectivity index (χ3v) is 7.29. The number of aryl methyl sites for hydroxylation is 1. The minimum Gasteiger partial charge on any atom is -0.346 e. The van der Waals surface area contributed by atoms with E-state index in [9.17, 15) is 8.42 Å². The maximum absolute atomic E-state index is 12.6. The average Bonchev–Trinajstić information content (AvgIpc) is 3.18. The first-order valence-electron chi connectivity index (χ1n) is 8.17. The molecule has 1 unspecified atom stereocenters. The fourth-order valence-corrected chi connectivity index (χ4v) is 5.78. The molecule has 3 rings (SSSR count). The van der Waals surface area contributed by atoms with Gasteiger partial charge in [-0.2, -0.15) is 4.37 Å². The van der Waals surface area contributed by atoms with Crippen LogP contribution in [0.5, 0.6) is 0 Å². The Morgan fingerprint density at radius 1 is 1.27 bits per heavy atom. The third-order valence-electron chi connectivity index (χ3n) is 4.55. The fourth-order valence-electron chi connectivity index (χ4n) is 3.25. The smallest absolute Gasteiger partial charge is 0.216 e. The SMILES string of the molecule is CCc1nsc(N2CCCC(S(=O)(=O)NC3CCCC3)C2)n1. The van der Waals surface area contributed by atoms with Crippen LogP contribution < -0.4 is 9.62 Å². The normalized spacial score (nSPS) is 24.0. The van der Waals surface area contributed by atoms with Crippen molar-refractivity contribution in [3.05, 3.63) is 5.82 Å². The van der Waals surface area contributed by atoms with E-state index in [1.807, 2.05) is 6.92 Å². The monoisotopic (exact) mass is 344 g/mol. The number of nitrogens with zero attached hydrogens (tertiary/aromatic N) is 3. The van der Waals surface area contributed by atoms with E-state index in [2.05, 4.69) is 19.0 Å². The zero-order valence-electron chi connectivity index (χ0n) is 13.0. The van der Waals surface area contributed by atoms with Crippen molar-refractivity contribution in [2.45, 2.75) is 63.2 Å². The van der Waals surface area contributed by atoms with Gasteiger partial charge in [-0.3, -0.25) is 0 Å². The molecule has 0 amide bonds. The molecule has 8 heteroatoms. The Hall–Kier alpha value is -0.730. The first kappa shape index (κ1) is 16.1. The minimum atomic E-state index is -3.24. The van der Waals surface area contributed by atoms with E-state index in [-0.39, 0.29) is 11.3 Å². The van der Waals surface area contributed by atoms with Crippen molar-refractivity contribution >= 4 is 26.7 Å². The molecule has 0 spiro atoms. The second-order valence-corrected chi connectivity index (χ2v) is 8.92. The Morgan fingerprint density at radius 2 is 2.05 bits per heavy atom. The second-order valence-electron chi connectivity index (χ2n) is 6.20. The summed E-state index contributed by atoms with van der Waals surface area (Å²) in [6.45, 7) is 3.43. The van der Waals surface area contributed by atoms with Gasteiger partial charge in [0.05, 0.1) is 5.25 Å². The van der Waals surface area contributed by atoms with Crippen LogP contribution in [0.4, 0.5) is 5.13 Å². The highest BCUT2D eigenvalue weighted by atomic mass is 32.2. The number of rotatable bonds is 5. The molecule has 1 saturated heterocycles.